The average Bonchev–Trinajstić information content (AvgIpc) is 3.36. The molecule has 0 radical (unpaired) electrons. The molecule has 4 aromatic rings. The number of hydrogen-bond donors (Lipinski definition) is 2. The van der Waals surface area contributed by atoms with E-state index in [1.54, 1.807) is 35.4 Å². The molecule has 0 bridgehead atoms. The summed E-state index contributed by atoms with van der Waals surface area (Å²) in [6, 6.07) is 15.6. The lowest BCUT2D eigenvalue weighted by molar-refractivity contribution is 0.0600. The number of aromatic nitrogens is 2. The van der Waals surface area contributed by atoms with Crippen LogP contribution in [0.5, 0.6) is 0 Å². The Bertz CT molecular complexity index is 1480. The van der Waals surface area contributed by atoms with Crippen LogP contribution in [0.25, 0.3) is 10.9 Å². The van der Waals surface area contributed by atoms with Crippen LogP contribution >= 0.6 is 11.6 Å². The summed E-state index contributed by atoms with van der Waals surface area (Å²) in [6.45, 7) is 1.01. The number of nitrogens with one attached hydrogen (secondary N) is 2. The minimum absolute atomic E-state index is 0.0647. The number of rotatable bonds is 4. The highest BCUT2D eigenvalue weighted by Gasteiger charge is 2.23. The van der Waals surface area contributed by atoms with Crippen molar-refractivity contribution in [1.29, 1.82) is 0 Å². The van der Waals surface area contributed by atoms with E-state index >= 15 is 0 Å². The first-order chi connectivity index (χ1) is 16.9. The zero-order valence-electron chi connectivity index (χ0n) is 18.8. The van der Waals surface area contributed by atoms with E-state index in [1.807, 2.05) is 18.2 Å². The van der Waals surface area contributed by atoms with E-state index in [4.69, 9.17) is 16.3 Å². The highest BCUT2D eigenvalue weighted by Crippen LogP contribution is 2.25. The number of methoxy groups -OCH3 is 1. The molecule has 8 nitrogen and oxygen atoms in total. The zero-order chi connectivity index (χ0) is 24.5. The molecule has 2 amide bonds. The third-order valence-corrected chi connectivity index (χ3v) is 6.41. The Morgan fingerprint density at radius 2 is 1.86 bits per heavy atom. The Kier molecular flexibility index (Phi) is 5.96. The van der Waals surface area contributed by atoms with E-state index in [0.717, 1.165) is 22.0 Å². The third-order valence-electron chi connectivity index (χ3n) is 6.08. The SMILES string of the molecule is COC(=O)c1cc(NC(=O)c2ccc3c(c2)CN(C(=O)c2ccc4[nH]ncc4c2)CC3)ccc1Cl. The van der Waals surface area contributed by atoms with Gasteiger partial charge in [0.1, 0.15) is 0 Å². The van der Waals surface area contributed by atoms with Gasteiger partial charge in [0.15, 0.2) is 0 Å². The van der Waals surface area contributed by atoms with Crippen LogP contribution in [-0.4, -0.2) is 46.5 Å². The summed E-state index contributed by atoms with van der Waals surface area (Å²) in [6.07, 6.45) is 2.40. The summed E-state index contributed by atoms with van der Waals surface area (Å²) in [7, 11) is 1.26. The van der Waals surface area contributed by atoms with Gasteiger partial charge in [-0.25, -0.2) is 4.79 Å². The number of H-pyrrole nitrogens is 1. The van der Waals surface area contributed by atoms with Crippen LogP contribution in [0.3, 0.4) is 0 Å². The number of benzene rings is 3. The first-order valence-corrected chi connectivity index (χ1v) is 11.3. The quantitative estimate of drug-likeness (QED) is 0.413. The number of aromatic amines is 1. The van der Waals surface area contributed by atoms with Gasteiger partial charge in [-0.2, -0.15) is 5.10 Å². The number of fused-ring (bicyclic) bond motifs is 2. The number of carbonyl (C=O) groups is 3. The van der Waals surface area contributed by atoms with E-state index in [0.29, 0.717) is 36.3 Å². The van der Waals surface area contributed by atoms with Crippen molar-refractivity contribution in [3.63, 3.8) is 0 Å². The summed E-state index contributed by atoms with van der Waals surface area (Å²) >= 11 is 6.06. The molecule has 0 aliphatic carbocycles. The maximum atomic E-state index is 13.1. The van der Waals surface area contributed by atoms with Gasteiger partial charge in [-0.1, -0.05) is 17.7 Å². The van der Waals surface area contributed by atoms with Crippen LogP contribution in [0.4, 0.5) is 5.69 Å². The maximum absolute atomic E-state index is 13.1. The van der Waals surface area contributed by atoms with Gasteiger partial charge in [-0.05, 0) is 66.1 Å². The van der Waals surface area contributed by atoms with Gasteiger partial charge in [0.25, 0.3) is 11.8 Å². The lowest BCUT2D eigenvalue weighted by atomic mass is 9.96. The molecule has 5 rings (SSSR count). The number of ether oxygens (including phenoxy) is 1. The molecule has 35 heavy (non-hydrogen) atoms. The topological polar surface area (TPSA) is 104 Å². The minimum Gasteiger partial charge on any atom is -0.465 e. The molecule has 9 heteroatoms. The third kappa shape index (κ3) is 4.48. The molecule has 176 valence electrons. The van der Waals surface area contributed by atoms with E-state index in [1.165, 1.54) is 19.2 Å². The standard InChI is InChI=1S/C26H21ClN4O4/c1-35-26(34)21-12-20(5-6-22(21)27)29-24(32)16-3-2-15-8-9-31(14-19(15)10-16)25(33)17-4-7-23-18(11-17)13-28-30-23/h2-7,10-13H,8-9,14H2,1H3,(H,28,30)(H,29,32). The van der Waals surface area contributed by atoms with E-state index in [2.05, 4.69) is 15.5 Å². The van der Waals surface area contributed by atoms with E-state index in [-0.39, 0.29) is 22.4 Å². The van der Waals surface area contributed by atoms with Crippen molar-refractivity contribution >= 4 is 46.0 Å². The molecule has 0 spiro atoms. The molecular weight excluding hydrogens is 468 g/mol. The fourth-order valence-corrected chi connectivity index (χ4v) is 4.40. The average molecular weight is 489 g/mol. The van der Waals surface area contributed by atoms with Crippen molar-refractivity contribution in [2.45, 2.75) is 13.0 Å². The first-order valence-electron chi connectivity index (χ1n) is 11.0. The number of hydrogen-bond acceptors (Lipinski definition) is 5. The predicted molar refractivity (Wildman–Crippen MR) is 132 cm³/mol. The van der Waals surface area contributed by atoms with Crippen molar-refractivity contribution in [2.24, 2.45) is 0 Å². The summed E-state index contributed by atoms with van der Waals surface area (Å²) in [5, 5.41) is 10.8. The summed E-state index contributed by atoms with van der Waals surface area (Å²) in [5.41, 5.74) is 4.54. The largest absolute Gasteiger partial charge is 0.465 e. The van der Waals surface area contributed by atoms with Crippen molar-refractivity contribution in [3.8, 4) is 0 Å². The van der Waals surface area contributed by atoms with Gasteiger partial charge >= 0.3 is 5.97 Å². The smallest absolute Gasteiger partial charge is 0.339 e. The molecule has 1 aliphatic heterocycles. The molecule has 2 heterocycles. The Morgan fingerprint density at radius 1 is 1.03 bits per heavy atom. The number of carbonyl (C=O) groups excluding carboxylic acids is 3. The normalized spacial score (nSPS) is 12.8. The van der Waals surface area contributed by atoms with Crippen LogP contribution in [0.2, 0.25) is 5.02 Å². The fourth-order valence-electron chi connectivity index (χ4n) is 4.20. The van der Waals surface area contributed by atoms with Gasteiger partial charge in [0.05, 0.1) is 29.4 Å². The van der Waals surface area contributed by atoms with Gasteiger partial charge in [0, 0.05) is 35.3 Å². The van der Waals surface area contributed by atoms with Gasteiger partial charge in [-0.15, -0.1) is 0 Å². The lowest BCUT2D eigenvalue weighted by Gasteiger charge is -2.29. The van der Waals surface area contributed by atoms with Gasteiger partial charge in [0.2, 0.25) is 0 Å². The first kappa shape index (κ1) is 22.6. The lowest BCUT2D eigenvalue weighted by Crippen LogP contribution is -2.36. The molecule has 0 atom stereocenters. The van der Waals surface area contributed by atoms with Crippen LogP contribution in [0.1, 0.15) is 42.2 Å². The Balaban J connectivity index is 1.33. The molecule has 0 saturated carbocycles. The second-order valence-corrected chi connectivity index (χ2v) is 8.68. The monoisotopic (exact) mass is 488 g/mol. The summed E-state index contributed by atoms with van der Waals surface area (Å²) < 4.78 is 4.73. The molecule has 0 saturated heterocycles. The highest BCUT2D eigenvalue weighted by molar-refractivity contribution is 6.33. The maximum Gasteiger partial charge on any atom is 0.339 e. The van der Waals surface area contributed by atoms with E-state index < -0.39 is 5.97 Å². The number of amides is 2. The molecule has 0 unspecified atom stereocenters. The molecule has 1 aromatic heterocycles. The second-order valence-electron chi connectivity index (χ2n) is 8.27. The van der Waals surface area contributed by atoms with Crippen molar-refractivity contribution < 1.29 is 19.1 Å². The summed E-state index contributed by atoms with van der Waals surface area (Å²) in [4.78, 5) is 39.7. The zero-order valence-corrected chi connectivity index (χ0v) is 19.6. The molecular formula is C26H21ClN4O4. The van der Waals surface area contributed by atoms with Crippen LogP contribution < -0.4 is 5.32 Å². The van der Waals surface area contributed by atoms with E-state index in [9.17, 15) is 14.4 Å². The second kappa shape index (κ2) is 9.23. The fraction of sp³-hybridized carbons (Fsp3) is 0.154. The summed E-state index contributed by atoms with van der Waals surface area (Å²) in [5.74, 6) is -0.985. The molecule has 0 fully saturated rings. The van der Waals surface area contributed by atoms with Gasteiger partial charge < -0.3 is 15.0 Å². The number of halogens is 1. The minimum atomic E-state index is -0.587. The Labute approximate surface area is 205 Å². The number of anilines is 1. The number of nitrogens with zero attached hydrogens (tertiary/aromatic N) is 2. The Morgan fingerprint density at radius 3 is 2.69 bits per heavy atom. The molecule has 3 aromatic carbocycles. The van der Waals surface area contributed by atoms with Crippen LogP contribution in [0.15, 0.2) is 60.8 Å². The predicted octanol–water partition coefficient (Wildman–Crippen LogP) is 4.45. The Hall–Kier alpha value is -4.17. The number of esters is 1. The highest BCUT2D eigenvalue weighted by atomic mass is 35.5. The molecule has 1 aliphatic rings. The van der Waals surface area contributed by atoms with Crippen molar-refractivity contribution in [2.75, 3.05) is 19.0 Å². The molecule has 2 N–H and O–H groups in total. The van der Waals surface area contributed by atoms with Crippen molar-refractivity contribution in [1.82, 2.24) is 15.1 Å². The van der Waals surface area contributed by atoms with Crippen molar-refractivity contribution in [3.05, 3.63) is 93.6 Å². The van der Waals surface area contributed by atoms with Crippen LogP contribution in [0, 0.1) is 0 Å². The van der Waals surface area contributed by atoms with Crippen LogP contribution in [-0.2, 0) is 17.7 Å². The van der Waals surface area contributed by atoms with Gasteiger partial charge in [-0.3, -0.25) is 14.7 Å².